The van der Waals surface area contributed by atoms with Crippen LogP contribution in [0, 0.1) is 11.3 Å². The molecule has 0 radical (unpaired) electrons. The van der Waals surface area contributed by atoms with Crippen LogP contribution in [0.1, 0.15) is 53.4 Å². The Bertz CT molecular complexity index is 244. The molecule has 2 N–H and O–H groups in total. The number of hydrogen-bond donors (Lipinski definition) is 1. The molecular weight excluding hydrogens is 242 g/mol. The zero-order chi connectivity index (χ0) is 14.7. The monoisotopic (exact) mass is 273 g/mol. The maximum Gasteiger partial charge on any atom is 0.313 e. The molecule has 1 unspecified atom stereocenters. The average molecular weight is 273 g/mol. The largest absolute Gasteiger partial charge is 0.466 e. The minimum Gasteiger partial charge on any atom is -0.466 e. The van der Waals surface area contributed by atoms with Crippen molar-refractivity contribution in [2.45, 2.75) is 53.4 Å². The van der Waals surface area contributed by atoms with Gasteiger partial charge in [-0.15, -0.1) is 0 Å². The summed E-state index contributed by atoms with van der Waals surface area (Å²) in [6.07, 6.45) is 3.37. The molecule has 0 saturated heterocycles. The lowest BCUT2D eigenvalue weighted by Crippen LogP contribution is -2.41. The number of nitrogens with two attached hydrogens (primary N) is 1. The Balaban J connectivity index is 4.29. The molecule has 4 heteroatoms. The summed E-state index contributed by atoms with van der Waals surface area (Å²) in [5.41, 5.74) is 5.26. The molecule has 0 bridgehead atoms. The van der Waals surface area contributed by atoms with Crippen LogP contribution in [0.5, 0.6) is 0 Å². The van der Waals surface area contributed by atoms with E-state index in [1.807, 2.05) is 6.92 Å². The van der Waals surface area contributed by atoms with E-state index in [9.17, 15) is 4.79 Å². The molecule has 114 valence electrons. The summed E-state index contributed by atoms with van der Waals surface area (Å²) in [5.74, 6) is 0.465. The molecule has 0 aromatic carbocycles. The maximum atomic E-state index is 12.1. The molecule has 1 atom stereocenters. The van der Waals surface area contributed by atoms with Crippen molar-refractivity contribution in [2.24, 2.45) is 17.1 Å². The van der Waals surface area contributed by atoms with Crippen molar-refractivity contribution in [3.05, 3.63) is 0 Å². The SMILES string of the molecule is CCCC(CN)(CCOCCC(C)C)C(=O)OCC. The van der Waals surface area contributed by atoms with Gasteiger partial charge >= 0.3 is 5.97 Å². The van der Waals surface area contributed by atoms with Crippen molar-refractivity contribution in [3.8, 4) is 0 Å². The molecule has 4 nitrogen and oxygen atoms in total. The topological polar surface area (TPSA) is 61.5 Å². The van der Waals surface area contributed by atoms with Crippen LogP contribution in [-0.2, 0) is 14.3 Å². The van der Waals surface area contributed by atoms with E-state index in [4.69, 9.17) is 15.2 Å². The highest BCUT2D eigenvalue weighted by molar-refractivity contribution is 5.77. The third-order valence-electron chi connectivity index (χ3n) is 3.39. The van der Waals surface area contributed by atoms with E-state index in [0.29, 0.717) is 32.1 Å². The average Bonchev–Trinajstić information content (AvgIpc) is 2.37. The Morgan fingerprint density at radius 3 is 2.37 bits per heavy atom. The molecule has 0 heterocycles. The Labute approximate surface area is 118 Å². The molecule has 0 aliphatic rings. The number of carbonyl (C=O) groups excluding carboxylic acids is 1. The number of carbonyl (C=O) groups is 1. The van der Waals surface area contributed by atoms with Crippen molar-refractivity contribution < 1.29 is 14.3 Å². The second-order valence-corrected chi connectivity index (χ2v) is 5.50. The first-order valence-electron chi connectivity index (χ1n) is 7.47. The van der Waals surface area contributed by atoms with Crippen LogP contribution in [0.4, 0.5) is 0 Å². The van der Waals surface area contributed by atoms with Gasteiger partial charge in [-0.2, -0.15) is 0 Å². The van der Waals surface area contributed by atoms with E-state index in [1.54, 1.807) is 0 Å². The minimum atomic E-state index is -0.567. The molecule has 0 saturated carbocycles. The molecule has 0 aliphatic carbocycles. The van der Waals surface area contributed by atoms with Crippen LogP contribution in [-0.4, -0.2) is 32.3 Å². The number of rotatable bonds is 11. The quantitative estimate of drug-likeness (QED) is 0.464. The van der Waals surface area contributed by atoms with Crippen LogP contribution in [0.25, 0.3) is 0 Å². The number of esters is 1. The third-order valence-corrected chi connectivity index (χ3v) is 3.39. The van der Waals surface area contributed by atoms with Gasteiger partial charge in [0.2, 0.25) is 0 Å². The lowest BCUT2D eigenvalue weighted by molar-refractivity contribution is -0.156. The fourth-order valence-electron chi connectivity index (χ4n) is 2.07. The molecule has 19 heavy (non-hydrogen) atoms. The highest BCUT2D eigenvalue weighted by Crippen LogP contribution is 2.29. The molecule has 0 aromatic rings. The van der Waals surface area contributed by atoms with E-state index in [1.165, 1.54) is 0 Å². The summed E-state index contributed by atoms with van der Waals surface area (Å²) in [7, 11) is 0. The van der Waals surface area contributed by atoms with E-state index in [-0.39, 0.29) is 5.97 Å². The van der Waals surface area contributed by atoms with Gasteiger partial charge in [0.15, 0.2) is 0 Å². The second-order valence-electron chi connectivity index (χ2n) is 5.50. The van der Waals surface area contributed by atoms with Gasteiger partial charge in [0.05, 0.1) is 12.0 Å². The van der Waals surface area contributed by atoms with Crippen LogP contribution in [0.15, 0.2) is 0 Å². The zero-order valence-corrected chi connectivity index (χ0v) is 13.0. The van der Waals surface area contributed by atoms with Gasteiger partial charge < -0.3 is 15.2 Å². The Kier molecular flexibility index (Phi) is 9.88. The summed E-state index contributed by atoms with van der Waals surface area (Å²) >= 11 is 0. The van der Waals surface area contributed by atoms with Gasteiger partial charge in [0, 0.05) is 19.8 Å². The molecular formula is C15H31NO3. The Morgan fingerprint density at radius 2 is 1.89 bits per heavy atom. The predicted octanol–water partition coefficient (Wildman–Crippen LogP) is 2.75. The van der Waals surface area contributed by atoms with Crippen molar-refractivity contribution >= 4 is 5.97 Å². The normalized spacial score (nSPS) is 14.4. The van der Waals surface area contributed by atoms with E-state index in [0.717, 1.165) is 25.9 Å². The van der Waals surface area contributed by atoms with Crippen molar-refractivity contribution in [1.82, 2.24) is 0 Å². The molecule has 0 fully saturated rings. The number of ether oxygens (including phenoxy) is 2. The first-order valence-corrected chi connectivity index (χ1v) is 7.47. The summed E-state index contributed by atoms with van der Waals surface area (Å²) < 4.78 is 10.8. The van der Waals surface area contributed by atoms with Crippen LogP contribution >= 0.6 is 0 Å². The van der Waals surface area contributed by atoms with Gasteiger partial charge in [-0.3, -0.25) is 4.79 Å². The van der Waals surface area contributed by atoms with Crippen LogP contribution in [0.3, 0.4) is 0 Å². The second kappa shape index (κ2) is 10.2. The summed E-state index contributed by atoms with van der Waals surface area (Å²) in [5, 5.41) is 0. The first kappa shape index (κ1) is 18.4. The molecule has 0 spiro atoms. The van der Waals surface area contributed by atoms with Gasteiger partial charge in [0.25, 0.3) is 0 Å². The summed E-state index contributed by atoms with van der Waals surface area (Å²) in [6.45, 7) is 10.3. The van der Waals surface area contributed by atoms with Gasteiger partial charge in [-0.05, 0) is 32.1 Å². The lowest BCUT2D eigenvalue weighted by atomic mass is 9.80. The van der Waals surface area contributed by atoms with Crippen LogP contribution < -0.4 is 5.73 Å². The van der Waals surface area contributed by atoms with E-state index < -0.39 is 5.41 Å². The Hall–Kier alpha value is -0.610. The molecule has 0 rings (SSSR count). The fourth-order valence-corrected chi connectivity index (χ4v) is 2.07. The van der Waals surface area contributed by atoms with Gasteiger partial charge in [-0.1, -0.05) is 27.2 Å². The van der Waals surface area contributed by atoms with E-state index >= 15 is 0 Å². The third kappa shape index (κ3) is 6.92. The highest BCUT2D eigenvalue weighted by atomic mass is 16.5. The predicted molar refractivity (Wildman–Crippen MR) is 77.9 cm³/mol. The number of hydrogen-bond acceptors (Lipinski definition) is 4. The minimum absolute atomic E-state index is 0.174. The fraction of sp³-hybridized carbons (Fsp3) is 0.933. The molecule has 0 amide bonds. The zero-order valence-electron chi connectivity index (χ0n) is 13.0. The highest BCUT2D eigenvalue weighted by Gasteiger charge is 2.37. The van der Waals surface area contributed by atoms with Crippen molar-refractivity contribution in [2.75, 3.05) is 26.4 Å². The molecule has 0 aliphatic heterocycles. The van der Waals surface area contributed by atoms with Gasteiger partial charge in [0.1, 0.15) is 0 Å². The standard InChI is InChI=1S/C15H31NO3/c1-5-8-15(12-16,14(17)19-6-2)9-11-18-10-7-13(3)4/h13H,5-12,16H2,1-4H3. The molecule has 0 aromatic heterocycles. The maximum absolute atomic E-state index is 12.1. The van der Waals surface area contributed by atoms with E-state index in [2.05, 4.69) is 20.8 Å². The summed E-state index contributed by atoms with van der Waals surface area (Å²) in [4.78, 5) is 12.1. The first-order chi connectivity index (χ1) is 9.02. The summed E-state index contributed by atoms with van der Waals surface area (Å²) in [6, 6.07) is 0. The Morgan fingerprint density at radius 1 is 1.21 bits per heavy atom. The van der Waals surface area contributed by atoms with Gasteiger partial charge in [-0.25, -0.2) is 0 Å². The van der Waals surface area contributed by atoms with Crippen LogP contribution in [0.2, 0.25) is 0 Å². The van der Waals surface area contributed by atoms with Crippen molar-refractivity contribution in [1.29, 1.82) is 0 Å². The smallest absolute Gasteiger partial charge is 0.313 e. The van der Waals surface area contributed by atoms with Crippen molar-refractivity contribution in [3.63, 3.8) is 0 Å². The lowest BCUT2D eigenvalue weighted by Gasteiger charge is -2.29.